The molecule has 39 heavy (non-hydrogen) atoms. The quantitative estimate of drug-likeness (QED) is 0.256. The fourth-order valence-corrected chi connectivity index (χ4v) is 5.42. The molecule has 1 aliphatic carbocycles. The molecule has 0 N–H and O–H groups in total. The molecule has 1 aliphatic rings. The van der Waals surface area contributed by atoms with Crippen molar-refractivity contribution in [3.63, 3.8) is 0 Å². The largest absolute Gasteiger partial charge is 0.497 e. The molecule has 4 atom stereocenters. The summed E-state index contributed by atoms with van der Waals surface area (Å²) in [7, 11) is 1.58. The maximum Gasteiger partial charge on any atom is 0.338 e. The molecule has 4 aromatic carbocycles. The molecule has 0 spiro atoms. The summed E-state index contributed by atoms with van der Waals surface area (Å²) in [5.74, 6) is -0.804. The van der Waals surface area contributed by atoms with Gasteiger partial charge in [-0.1, -0.05) is 73.2 Å². The summed E-state index contributed by atoms with van der Waals surface area (Å²) in [6.07, 6.45) is -1.46. The van der Waals surface area contributed by atoms with Crippen LogP contribution in [0.1, 0.15) is 67.3 Å². The van der Waals surface area contributed by atoms with Crippen LogP contribution < -0.4 is 4.74 Å². The van der Waals surface area contributed by atoms with Crippen molar-refractivity contribution < 1.29 is 23.8 Å². The number of hydrogen-bond acceptors (Lipinski definition) is 5. The predicted octanol–water partition coefficient (Wildman–Crippen LogP) is 7.01. The summed E-state index contributed by atoms with van der Waals surface area (Å²) < 4.78 is 17.8. The Kier molecular flexibility index (Phi) is 7.51. The van der Waals surface area contributed by atoms with Crippen molar-refractivity contribution in [3.8, 4) is 5.75 Å². The average Bonchev–Trinajstić information content (AvgIpc) is 2.96. The summed E-state index contributed by atoms with van der Waals surface area (Å²) >= 11 is 0. The minimum atomic E-state index is -0.744. The summed E-state index contributed by atoms with van der Waals surface area (Å²) in [4.78, 5) is 26.9. The molecule has 0 fully saturated rings. The van der Waals surface area contributed by atoms with E-state index in [2.05, 4.69) is 18.2 Å². The third-order valence-electron chi connectivity index (χ3n) is 7.59. The predicted molar refractivity (Wildman–Crippen MR) is 150 cm³/mol. The number of benzene rings is 4. The lowest BCUT2D eigenvalue weighted by Gasteiger charge is -2.42. The monoisotopic (exact) mass is 520 g/mol. The van der Waals surface area contributed by atoms with Crippen LogP contribution in [0.3, 0.4) is 0 Å². The SMILES string of the molecule is COc1ccc(C(=O)OC2C(OC(=O)c3ccc(C)cc3)[C@@H](c3ccccc3C)c3ccccc3[C@@H]2C)cc1. The van der Waals surface area contributed by atoms with Crippen LogP contribution in [0.5, 0.6) is 5.75 Å². The van der Waals surface area contributed by atoms with E-state index >= 15 is 0 Å². The van der Waals surface area contributed by atoms with E-state index in [1.807, 2.05) is 63.2 Å². The lowest BCUT2D eigenvalue weighted by molar-refractivity contribution is -0.0532. The zero-order chi connectivity index (χ0) is 27.5. The normalized spacial score (nSPS) is 20.0. The summed E-state index contributed by atoms with van der Waals surface area (Å²) in [6.45, 7) is 6.04. The van der Waals surface area contributed by atoms with E-state index in [-0.39, 0.29) is 11.8 Å². The van der Waals surface area contributed by atoms with Gasteiger partial charge < -0.3 is 14.2 Å². The first-order chi connectivity index (χ1) is 18.9. The molecular weight excluding hydrogens is 488 g/mol. The standard InChI is InChI=1S/C34H32O5/c1-21-13-15-24(16-14-21)34(36)39-32-30(27-10-6-5-9-22(27)2)29-12-8-7-11-28(29)23(3)31(32)38-33(35)25-17-19-26(37-4)20-18-25/h5-20,23,30-32H,1-4H3/t23-,30-,31?,32?/m0/s1. The van der Waals surface area contributed by atoms with Gasteiger partial charge in [0, 0.05) is 5.92 Å². The maximum absolute atomic E-state index is 13.5. The van der Waals surface area contributed by atoms with E-state index in [4.69, 9.17) is 14.2 Å². The molecule has 2 unspecified atom stereocenters. The molecule has 0 aliphatic heterocycles. The number of carbonyl (C=O) groups is 2. The minimum absolute atomic E-state index is 0.209. The molecule has 0 aromatic heterocycles. The summed E-state index contributed by atoms with van der Waals surface area (Å²) in [5.41, 5.74) is 6.15. The molecule has 198 valence electrons. The van der Waals surface area contributed by atoms with E-state index < -0.39 is 24.1 Å². The molecule has 5 heteroatoms. The first-order valence-electron chi connectivity index (χ1n) is 13.1. The van der Waals surface area contributed by atoms with E-state index in [1.54, 1.807) is 43.5 Å². The van der Waals surface area contributed by atoms with Crippen molar-refractivity contribution in [1.29, 1.82) is 0 Å². The van der Waals surface area contributed by atoms with Crippen LogP contribution in [0.2, 0.25) is 0 Å². The molecular formula is C34H32O5. The molecule has 0 amide bonds. The van der Waals surface area contributed by atoms with Crippen molar-refractivity contribution in [2.75, 3.05) is 7.11 Å². The average molecular weight is 521 g/mol. The number of methoxy groups -OCH3 is 1. The number of fused-ring (bicyclic) bond motifs is 1. The number of ether oxygens (including phenoxy) is 3. The molecule has 0 saturated heterocycles. The Balaban J connectivity index is 1.59. The zero-order valence-corrected chi connectivity index (χ0v) is 22.6. The number of esters is 2. The van der Waals surface area contributed by atoms with Gasteiger partial charge in [0.2, 0.25) is 0 Å². The molecule has 0 radical (unpaired) electrons. The van der Waals surface area contributed by atoms with Gasteiger partial charge in [0.1, 0.15) is 11.9 Å². The van der Waals surface area contributed by atoms with Crippen molar-refractivity contribution in [1.82, 2.24) is 0 Å². The number of carbonyl (C=O) groups excluding carboxylic acids is 2. The Labute approximate surface area is 229 Å². The van der Waals surface area contributed by atoms with Crippen LogP contribution in [0.4, 0.5) is 0 Å². The third-order valence-corrected chi connectivity index (χ3v) is 7.59. The Bertz CT molecular complexity index is 1470. The van der Waals surface area contributed by atoms with Crippen LogP contribution >= 0.6 is 0 Å². The van der Waals surface area contributed by atoms with Crippen LogP contribution in [0, 0.1) is 13.8 Å². The third kappa shape index (κ3) is 5.30. The fraction of sp³-hybridized carbons (Fsp3) is 0.235. The Morgan fingerprint density at radius 3 is 1.72 bits per heavy atom. The summed E-state index contributed by atoms with van der Waals surface area (Å²) in [6, 6.07) is 30.3. The van der Waals surface area contributed by atoms with Gasteiger partial charge in [-0.25, -0.2) is 9.59 Å². The second-order valence-electron chi connectivity index (χ2n) is 10.1. The van der Waals surface area contributed by atoms with Crippen molar-refractivity contribution in [2.24, 2.45) is 0 Å². The van der Waals surface area contributed by atoms with E-state index in [0.29, 0.717) is 16.9 Å². The lowest BCUT2D eigenvalue weighted by Crippen LogP contribution is -2.46. The van der Waals surface area contributed by atoms with Crippen molar-refractivity contribution in [2.45, 2.75) is 44.8 Å². The van der Waals surface area contributed by atoms with Gasteiger partial charge in [-0.3, -0.25) is 0 Å². The van der Waals surface area contributed by atoms with E-state index in [1.165, 1.54) is 0 Å². The molecule has 4 aromatic rings. The smallest absolute Gasteiger partial charge is 0.338 e. The molecule has 0 bridgehead atoms. The maximum atomic E-state index is 13.5. The Morgan fingerprint density at radius 1 is 0.615 bits per heavy atom. The van der Waals surface area contributed by atoms with Gasteiger partial charge >= 0.3 is 11.9 Å². The van der Waals surface area contributed by atoms with Crippen LogP contribution in [-0.2, 0) is 9.47 Å². The molecule has 5 nitrogen and oxygen atoms in total. The van der Waals surface area contributed by atoms with Crippen LogP contribution in [0.15, 0.2) is 97.1 Å². The van der Waals surface area contributed by atoms with E-state index in [9.17, 15) is 9.59 Å². The highest BCUT2D eigenvalue weighted by molar-refractivity contribution is 5.90. The second-order valence-corrected chi connectivity index (χ2v) is 10.1. The van der Waals surface area contributed by atoms with Crippen molar-refractivity contribution >= 4 is 11.9 Å². The van der Waals surface area contributed by atoms with E-state index in [0.717, 1.165) is 27.8 Å². The van der Waals surface area contributed by atoms with Gasteiger partial charge in [0.05, 0.1) is 24.2 Å². The van der Waals surface area contributed by atoms with Gasteiger partial charge in [-0.15, -0.1) is 0 Å². The van der Waals surface area contributed by atoms with Gasteiger partial charge in [-0.2, -0.15) is 0 Å². The van der Waals surface area contributed by atoms with Gasteiger partial charge in [0.25, 0.3) is 0 Å². The Morgan fingerprint density at radius 2 is 1.13 bits per heavy atom. The highest BCUT2D eigenvalue weighted by Gasteiger charge is 2.46. The number of rotatable bonds is 6. The topological polar surface area (TPSA) is 61.8 Å². The van der Waals surface area contributed by atoms with Gasteiger partial charge in [-0.05, 0) is 72.5 Å². The Hall–Kier alpha value is -4.38. The first-order valence-corrected chi connectivity index (χ1v) is 13.1. The van der Waals surface area contributed by atoms with Crippen LogP contribution in [-0.4, -0.2) is 31.3 Å². The number of aryl methyl sites for hydroxylation is 2. The molecule has 0 saturated carbocycles. The highest BCUT2D eigenvalue weighted by atomic mass is 16.6. The number of hydrogen-bond donors (Lipinski definition) is 0. The first kappa shape index (κ1) is 26.2. The molecule has 0 heterocycles. The van der Waals surface area contributed by atoms with Gasteiger partial charge in [0.15, 0.2) is 6.10 Å². The second kappa shape index (κ2) is 11.2. The minimum Gasteiger partial charge on any atom is -0.497 e. The van der Waals surface area contributed by atoms with Crippen molar-refractivity contribution in [3.05, 3.63) is 136 Å². The summed E-state index contributed by atoms with van der Waals surface area (Å²) in [5, 5.41) is 0. The fourth-order valence-electron chi connectivity index (χ4n) is 5.42. The zero-order valence-electron chi connectivity index (χ0n) is 22.6. The molecule has 5 rings (SSSR count). The van der Waals surface area contributed by atoms with Crippen LogP contribution in [0.25, 0.3) is 0 Å². The lowest BCUT2D eigenvalue weighted by atomic mass is 9.70. The highest BCUT2D eigenvalue weighted by Crippen LogP contribution is 2.46.